The van der Waals surface area contributed by atoms with Gasteiger partial charge >= 0.3 is 6.09 Å². The first-order valence-corrected chi connectivity index (χ1v) is 17.7. The highest BCUT2D eigenvalue weighted by Gasteiger charge is 2.41. The van der Waals surface area contributed by atoms with Gasteiger partial charge < -0.3 is 43.0 Å². The van der Waals surface area contributed by atoms with E-state index in [0.29, 0.717) is 65.3 Å². The summed E-state index contributed by atoms with van der Waals surface area (Å²) < 4.78 is 40.8. The Kier molecular flexibility index (Phi) is 14.8. The molecule has 0 bridgehead atoms. The molecule has 0 aromatic heterocycles. The number of carbonyl (C=O) groups excluding carboxylic acids is 1. The van der Waals surface area contributed by atoms with Gasteiger partial charge in [-0.2, -0.15) is 0 Å². The number of rotatable bonds is 18. The van der Waals surface area contributed by atoms with Crippen molar-refractivity contribution < 1.29 is 38.0 Å². The number of methoxy groups -OCH3 is 3. The maximum absolute atomic E-state index is 13.5. The first-order valence-electron chi connectivity index (χ1n) is 17.7. The van der Waals surface area contributed by atoms with Crippen LogP contribution in [0.2, 0.25) is 0 Å². The van der Waals surface area contributed by atoms with Gasteiger partial charge in [0.05, 0.1) is 57.9 Å². The van der Waals surface area contributed by atoms with Crippen molar-refractivity contribution in [1.29, 1.82) is 0 Å². The van der Waals surface area contributed by atoms with Crippen LogP contribution in [0.25, 0.3) is 0 Å². The summed E-state index contributed by atoms with van der Waals surface area (Å²) in [6.45, 7) is 9.04. The largest absolute Gasteiger partial charge is 0.490 e. The van der Waals surface area contributed by atoms with Crippen LogP contribution in [0, 0.1) is 11.8 Å². The van der Waals surface area contributed by atoms with Crippen molar-refractivity contribution >= 4 is 11.8 Å². The van der Waals surface area contributed by atoms with Gasteiger partial charge in [-0.25, -0.2) is 4.79 Å². The second kappa shape index (κ2) is 19.7. The van der Waals surface area contributed by atoms with Crippen LogP contribution in [0.1, 0.15) is 41.5 Å². The summed E-state index contributed by atoms with van der Waals surface area (Å²) in [7, 11) is 5.15. The number of fused-ring (bicyclic) bond motifs is 1. The number of anilines is 1. The highest BCUT2D eigenvalue weighted by molar-refractivity contribution is 5.68. The summed E-state index contributed by atoms with van der Waals surface area (Å²) in [5.74, 6) is 1.21. The lowest BCUT2D eigenvalue weighted by molar-refractivity contribution is -0.0555. The molecule has 3 aromatic rings. The summed E-state index contributed by atoms with van der Waals surface area (Å²) in [5.41, 5.74) is 5.32. The van der Waals surface area contributed by atoms with Crippen molar-refractivity contribution in [2.75, 3.05) is 85.4 Å². The smallest absolute Gasteiger partial charge is 0.410 e. The highest BCUT2D eigenvalue weighted by atomic mass is 16.6. The molecule has 5 rings (SSSR count). The fraction of sp³-hybridized carbons (Fsp3) is 0.525. The normalized spacial score (nSPS) is 19.5. The Balaban J connectivity index is 1.33. The van der Waals surface area contributed by atoms with Crippen LogP contribution in [0.15, 0.2) is 72.8 Å². The van der Waals surface area contributed by atoms with E-state index in [2.05, 4.69) is 48.2 Å². The summed E-state index contributed by atoms with van der Waals surface area (Å²) in [4.78, 5) is 17.6. The Bertz CT molecular complexity index is 1440. The molecule has 0 aliphatic carbocycles. The highest BCUT2D eigenvalue weighted by Crippen LogP contribution is 2.38. The molecule has 0 saturated carbocycles. The molecule has 4 atom stereocenters. The third-order valence-electron chi connectivity index (χ3n) is 9.32. The minimum absolute atomic E-state index is 0.00341. The Hall–Kier alpha value is -3.67. The van der Waals surface area contributed by atoms with E-state index in [-0.39, 0.29) is 30.6 Å². The molecular weight excluding hydrogens is 636 g/mol. The topological polar surface area (TPSA) is 88.2 Å². The predicted octanol–water partition coefficient (Wildman–Crippen LogP) is 6.31. The molecule has 50 heavy (non-hydrogen) atoms. The lowest BCUT2D eigenvalue weighted by Crippen LogP contribution is -2.52. The third kappa shape index (κ3) is 10.7. The second-order valence-electron chi connectivity index (χ2n) is 13.3. The average molecular weight is 691 g/mol. The summed E-state index contributed by atoms with van der Waals surface area (Å²) in [6.07, 6.45) is 0.292. The molecule has 10 nitrogen and oxygen atoms in total. The molecule has 272 valence electrons. The van der Waals surface area contributed by atoms with Gasteiger partial charge in [0.15, 0.2) is 0 Å². The van der Waals surface area contributed by atoms with Gasteiger partial charge in [-0.3, -0.25) is 0 Å². The molecule has 1 fully saturated rings. The van der Waals surface area contributed by atoms with Gasteiger partial charge in [0.25, 0.3) is 0 Å². The maximum atomic E-state index is 13.5. The fourth-order valence-electron chi connectivity index (χ4n) is 6.87. The number of nitrogens with zero attached hydrogens (tertiary/aromatic N) is 2. The van der Waals surface area contributed by atoms with E-state index in [1.165, 1.54) is 0 Å². The van der Waals surface area contributed by atoms with Crippen molar-refractivity contribution in [2.45, 2.75) is 45.2 Å². The van der Waals surface area contributed by atoms with E-state index in [0.717, 1.165) is 53.2 Å². The molecule has 1 saturated heterocycles. The Morgan fingerprint density at radius 3 is 2.40 bits per heavy atom. The van der Waals surface area contributed by atoms with Crippen LogP contribution in [0.4, 0.5) is 10.5 Å². The zero-order chi connectivity index (χ0) is 35.1. The average Bonchev–Trinajstić information content (AvgIpc) is 3.14. The number of hydrogen-bond acceptors (Lipinski definition) is 9. The second-order valence-corrected chi connectivity index (χ2v) is 13.3. The van der Waals surface area contributed by atoms with E-state index >= 15 is 0 Å². The molecule has 0 N–H and O–H groups in total. The molecule has 2 aliphatic rings. The Labute approximate surface area is 297 Å². The van der Waals surface area contributed by atoms with E-state index in [4.69, 9.17) is 33.2 Å². The van der Waals surface area contributed by atoms with E-state index in [9.17, 15) is 4.79 Å². The van der Waals surface area contributed by atoms with Gasteiger partial charge in [0.1, 0.15) is 19.0 Å². The molecule has 1 amide bonds. The minimum atomic E-state index is -0.352. The van der Waals surface area contributed by atoms with Gasteiger partial charge in [0.2, 0.25) is 0 Å². The van der Waals surface area contributed by atoms with Crippen molar-refractivity contribution in [2.24, 2.45) is 11.8 Å². The standard InChI is InChI=1S/C40H54N2O8/c1-30(24-45-3)25-47-26-32-11-14-34(15-12-32)39-35(29-46-4)22-42(40(43)50-27-31-9-6-5-7-10-31)23-38(39)49-28-33-13-16-37-36(21-33)41(18-20-48-37)17-8-19-44-2/h5-7,9-16,21,30,35,38-39H,8,17-20,22-29H2,1-4H3/t30-,35-,38-,39-/m0/s1. The molecule has 3 aromatic carbocycles. The first-order chi connectivity index (χ1) is 24.5. The molecule has 10 heteroatoms. The van der Waals surface area contributed by atoms with Crippen molar-refractivity contribution in [3.8, 4) is 5.75 Å². The zero-order valence-electron chi connectivity index (χ0n) is 30.1. The minimum Gasteiger partial charge on any atom is -0.490 e. The van der Waals surface area contributed by atoms with E-state index in [1.54, 1.807) is 26.2 Å². The molecular formula is C40H54N2O8. The van der Waals surface area contributed by atoms with Gasteiger partial charge in [-0.1, -0.05) is 67.6 Å². The van der Waals surface area contributed by atoms with Gasteiger partial charge in [0, 0.05) is 58.8 Å². The van der Waals surface area contributed by atoms with E-state index < -0.39 is 0 Å². The molecule has 2 heterocycles. The van der Waals surface area contributed by atoms with Crippen LogP contribution in [0.3, 0.4) is 0 Å². The monoisotopic (exact) mass is 690 g/mol. The third-order valence-corrected chi connectivity index (χ3v) is 9.32. The first kappa shape index (κ1) is 37.6. The lowest BCUT2D eigenvalue weighted by atomic mass is 9.78. The van der Waals surface area contributed by atoms with Crippen LogP contribution in [-0.2, 0) is 48.2 Å². The number of hydrogen-bond donors (Lipinski definition) is 0. The Morgan fingerprint density at radius 1 is 0.860 bits per heavy atom. The summed E-state index contributed by atoms with van der Waals surface area (Å²) in [6, 6.07) is 24.6. The van der Waals surface area contributed by atoms with Crippen molar-refractivity contribution in [3.05, 3.63) is 95.1 Å². The van der Waals surface area contributed by atoms with Crippen molar-refractivity contribution in [1.82, 2.24) is 4.90 Å². The number of carbonyl (C=O) groups is 1. The number of amides is 1. The molecule has 0 spiro atoms. The Morgan fingerprint density at radius 2 is 1.64 bits per heavy atom. The predicted molar refractivity (Wildman–Crippen MR) is 193 cm³/mol. The molecule has 2 aliphatic heterocycles. The maximum Gasteiger partial charge on any atom is 0.410 e. The fourth-order valence-corrected chi connectivity index (χ4v) is 6.87. The van der Waals surface area contributed by atoms with Crippen LogP contribution in [0.5, 0.6) is 5.75 Å². The van der Waals surface area contributed by atoms with Gasteiger partial charge in [-0.15, -0.1) is 0 Å². The summed E-state index contributed by atoms with van der Waals surface area (Å²) in [5, 5.41) is 0. The van der Waals surface area contributed by atoms with Gasteiger partial charge in [-0.05, 0) is 40.8 Å². The zero-order valence-corrected chi connectivity index (χ0v) is 30.1. The number of piperidine rings is 1. The SMILES string of the molecule is COCCCN1CCOc2ccc(CO[C@H]3CN(C(=O)OCc4ccccc4)C[C@@H](COC)[C@@H]3c3ccc(COC[C@@H](C)COC)cc3)cc21. The molecule has 0 radical (unpaired) electrons. The van der Waals surface area contributed by atoms with Crippen LogP contribution in [-0.4, -0.2) is 97.6 Å². The number of benzene rings is 3. The quantitative estimate of drug-likeness (QED) is 0.143. The van der Waals surface area contributed by atoms with Crippen molar-refractivity contribution in [3.63, 3.8) is 0 Å². The van der Waals surface area contributed by atoms with E-state index in [1.807, 2.05) is 36.4 Å². The number of likely N-dealkylation sites (tertiary alicyclic amines) is 1. The molecule has 0 unspecified atom stereocenters. The van der Waals surface area contributed by atoms with Crippen LogP contribution >= 0.6 is 0 Å². The summed E-state index contributed by atoms with van der Waals surface area (Å²) >= 11 is 0. The van der Waals surface area contributed by atoms with Crippen LogP contribution < -0.4 is 9.64 Å². The lowest BCUT2D eigenvalue weighted by Gasteiger charge is -2.43. The number of ether oxygens (including phenoxy) is 7.